The zero-order valence-electron chi connectivity index (χ0n) is 41.1. The van der Waals surface area contributed by atoms with Gasteiger partial charge in [-0.2, -0.15) is 0 Å². The van der Waals surface area contributed by atoms with Gasteiger partial charge in [-0.05, 0) is 77.0 Å². The summed E-state index contributed by atoms with van der Waals surface area (Å²) >= 11 is 0. The van der Waals surface area contributed by atoms with E-state index in [1.54, 1.807) is 0 Å². The zero-order chi connectivity index (χ0) is 45.5. The lowest BCUT2D eigenvalue weighted by Gasteiger charge is -2.24. The van der Waals surface area contributed by atoms with Crippen LogP contribution in [0.15, 0.2) is 60.8 Å². The number of likely N-dealkylation sites (N-methyl/N-ethyl adjacent to an activating group) is 1. The minimum absolute atomic E-state index is 0.0848. The fourth-order valence-corrected chi connectivity index (χ4v) is 7.63. The van der Waals surface area contributed by atoms with E-state index in [9.17, 15) is 14.3 Å². The molecular weight excluding hydrogens is 794 g/mol. The molecule has 9 heteroatoms. The van der Waals surface area contributed by atoms with E-state index in [1.165, 1.54) is 135 Å². The fraction of sp³-hybridized carbons (Fsp3) is 0.792. The molecule has 8 nitrogen and oxygen atoms in total. The van der Waals surface area contributed by atoms with E-state index in [2.05, 4.69) is 74.6 Å². The van der Waals surface area contributed by atoms with E-state index >= 15 is 0 Å². The standard InChI is InChI=1S/C53H98NO7P/c1-6-8-10-12-14-16-18-20-22-24-25-26-27-28-29-30-32-34-36-38-40-42-44-46-53(55)61-52(51-60-62(56,57)59-49-47-54(3,4)5)50-58-48-45-43-41-39-37-35-33-31-23-21-19-17-15-13-11-9-7-2/h8,10,14,16,20,22-23,25-26,31,52H,6-7,9,11-13,15,17-19,21,24,27-30,32-51H2,1-5H3/p+1/b10-8-,16-14-,22-20-,26-25-,31-23-. The van der Waals surface area contributed by atoms with E-state index in [-0.39, 0.29) is 25.8 Å². The maximum Gasteiger partial charge on any atom is 0.472 e. The Hall–Kier alpha value is -1.80. The van der Waals surface area contributed by atoms with Gasteiger partial charge in [-0.25, -0.2) is 4.57 Å². The summed E-state index contributed by atoms with van der Waals surface area (Å²) < 4.78 is 35.1. The number of hydrogen-bond donors (Lipinski definition) is 1. The predicted octanol–water partition coefficient (Wildman–Crippen LogP) is 15.7. The summed E-state index contributed by atoms with van der Waals surface area (Å²) in [6.07, 6.45) is 58.3. The maximum atomic E-state index is 12.8. The van der Waals surface area contributed by atoms with Gasteiger partial charge in [-0.15, -0.1) is 0 Å². The lowest BCUT2D eigenvalue weighted by molar-refractivity contribution is -0.870. The van der Waals surface area contributed by atoms with Crippen molar-refractivity contribution in [3.63, 3.8) is 0 Å². The molecule has 0 aliphatic carbocycles. The SMILES string of the molecule is CC/C=C\C/C=C\C/C=C\C/C=C\CCCCCCCCCCCCC(=O)OC(COCCCCCCCC/C=C\CCCCCCCCC)COP(=O)(O)OCC[N+](C)(C)C. The van der Waals surface area contributed by atoms with Crippen molar-refractivity contribution in [3.05, 3.63) is 60.8 Å². The lowest BCUT2D eigenvalue weighted by atomic mass is 10.0. The molecule has 0 fully saturated rings. The number of unbranched alkanes of at least 4 members (excludes halogenated alkanes) is 23. The van der Waals surface area contributed by atoms with E-state index < -0.39 is 13.9 Å². The summed E-state index contributed by atoms with van der Waals surface area (Å²) in [4.78, 5) is 23.0. The fourth-order valence-electron chi connectivity index (χ4n) is 6.89. The predicted molar refractivity (Wildman–Crippen MR) is 266 cm³/mol. The molecule has 0 aromatic carbocycles. The Morgan fingerprint density at radius 3 is 1.42 bits per heavy atom. The number of ether oxygens (including phenoxy) is 2. The van der Waals surface area contributed by atoms with Crippen LogP contribution in [0.3, 0.4) is 0 Å². The molecule has 0 aromatic heterocycles. The number of hydrogen-bond acceptors (Lipinski definition) is 6. The number of allylic oxidation sites excluding steroid dienone is 10. The molecule has 0 aliphatic rings. The van der Waals surface area contributed by atoms with Crippen molar-refractivity contribution in [1.29, 1.82) is 0 Å². The highest BCUT2D eigenvalue weighted by atomic mass is 31.2. The van der Waals surface area contributed by atoms with Crippen LogP contribution in [-0.4, -0.2) is 75.6 Å². The number of phosphoric ester groups is 1. The topological polar surface area (TPSA) is 91.3 Å². The Morgan fingerprint density at radius 2 is 0.935 bits per heavy atom. The van der Waals surface area contributed by atoms with E-state index in [0.717, 1.165) is 57.8 Å². The second-order valence-corrected chi connectivity index (χ2v) is 19.6. The number of carbonyl (C=O) groups is 1. The molecule has 0 bridgehead atoms. The van der Waals surface area contributed by atoms with Gasteiger partial charge in [0.05, 0.1) is 34.4 Å². The Morgan fingerprint density at radius 1 is 0.516 bits per heavy atom. The van der Waals surface area contributed by atoms with Crippen molar-refractivity contribution in [2.24, 2.45) is 0 Å². The normalized spacial score (nSPS) is 14.1. The molecule has 0 rings (SSSR count). The number of carbonyl (C=O) groups excluding carboxylic acids is 1. The Balaban J connectivity index is 4.16. The Labute approximate surface area is 383 Å². The number of rotatable bonds is 47. The molecule has 0 spiro atoms. The lowest BCUT2D eigenvalue weighted by Crippen LogP contribution is -2.37. The first-order valence-corrected chi connectivity index (χ1v) is 27.0. The molecule has 2 unspecified atom stereocenters. The first kappa shape index (κ1) is 60.2. The van der Waals surface area contributed by atoms with Crippen LogP contribution in [0.25, 0.3) is 0 Å². The van der Waals surface area contributed by atoms with Gasteiger partial charge >= 0.3 is 13.8 Å². The number of quaternary nitrogens is 1. The van der Waals surface area contributed by atoms with Crippen LogP contribution in [-0.2, 0) is 27.9 Å². The first-order valence-electron chi connectivity index (χ1n) is 25.5. The van der Waals surface area contributed by atoms with Crippen LogP contribution >= 0.6 is 7.82 Å². The molecule has 0 radical (unpaired) electrons. The summed E-state index contributed by atoms with van der Waals surface area (Å²) in [6.45, 7) is 5.50. The monoisotopic (exact) mass is 893 g/mol. The van der Waals surface area contributed by atoms with Crippen LogP contribution in [0.5, 0.6) is 0 Å². The molecule has 62 heavy (non-hydrogen) atoms. The number of nitrogens with zero attached hydrogens (tertiary/aromatic N) is 1. The largest absolute Gasteiger partial charge is 0.472 e. The summed E-state index contributed by atoms with van der Waals surface area (Å²) in [5.41, 5.74) is 0. The van der Waals surface area contributed by atoms with Crippen LogP contribution in [0.2, 0.25) is 0 Å². The highest BCUT2D eigenvalue weighted by molar-refractivity contribution is 7.47. The Bertz CT molecular complexity index is 1170. The average molecular weight is 893 g/mol. The van der Waals surface area contributed by atoms with E-state index in [1.807, 2.05) is 21.1 Å². The molecule has 0 saturated heterocycles. The summed E-state index contributed by atoms with van der Waals surface area (Å²) in [5.74, 6) is -0.321. The van der Waals surface area contributed by atoms with Crippen molar-refractivity contribution in [1.82, 2.24) is 0 Å². The minimum atomic E-state index is -4.28. The van der Waals surface area contributed by atoms with Gasteiger partial charge in [0.25, 0.3) is 0 Å². The van der Waals surface area contributed by atoms with Crippen molar-refractivity contribution >= 4 is 13.8 Å². The Kier molecular flexibility index (Phi) is 44.4. The van der Waals surface area contributed by atoms with Crippen LogP contribution < -0.4 is 0 Å². The highest BCUT2D eigenvalue weighted by Gasteiger charge is 2.26. The molecule has 0 heterocycles. The minimum Gasteiger partial charge on any atom is -0.457 e. The van der Waals surface area contributed by atoms with Crippen LogP contribution in [0.1, 0.15) is 213 Å². The molecule has 0 aliphatic heterocycles. The van der Waals surface area contributed by atoms with Gasteiger partial charge in [0, 0.05) is 13.0 Å². The zero-order valence-corrected chi connectivity index (χ0v) is 42.0. The molecule has 362 valence electrons. The smallest absolute Gasteiger partial charge is 0.457 e. The second-order valence-electron chi connectivity index (χ2n) is 18.2. The van der Waals surface area contributed by atoms with Crippen molar-refractivity contribution in [3.8, 4) is 0 Å². The van der Waals surface area contributed by atoms with Gasteiger partial charge in [-0.1, -0.05) is 190 Å². The van der Waals surface area contributed by atoms with Gasteiger partial charge in [0.15, 0.2) is 0 Å². The molecule has 0 saturated carbocycles. The van der Waals surface area contributed by atoms with Crippen LogP contribution in [0.4, 0.5) is 0 Å². The van der Waals surface area contributed by atoms with Gasteiger partial charge < -0.3 is 18.9 Å². The molecule has 0 aromatic rings. The first-order chi connectivity index (χ1) is 30.1. The summed E-state index contributed by atoms with van der Waals surface area (Å²) in [5, 5.41) is 0. The van der Waals surface area contributed by atoms with Crippen molar-refractivity contribution in [2.75, 3.05) is 54.1 Å². The average Bonchev–Trinajstić information content (AvgIpc) is 3.23. The number of esters is 1. The van der Waals surface area contributed by atoms with Gasteiger partial charge in [0.1, 0.15) is 19.3 Å². The summed E-state index contributed by atoms with van der Waals surface area (Å²) in [6, 6.07) is 0. The van der Waals surface area contributed by atoms with Crippen molar-refractivity contribution < 1.29 is 37.3 Å². The molecule has 0 amide bonds. The molecule has 1 N–H and O–H groups in total. The van der Waals surface area contributed by atoms with Gasteiger partial charge in [-0.3, -0.25) is 13.8 Å². The maximum absolute atomic E-state index is 12.8. The highest BCUT2D eigenvalue weighted by Crippen LogP contribution is 2.43. The molecular formula is C53H99NO7P+. The van der Waals surface area contributed by atoms with E-state index in [4.69, 9.17) is 18.5 Å². The third-order valence-electron chi connectivity index (χ3n) is 10.8. The second kappa shape index (κ2) is 45.8. The third-order valence-corrected chi connectivity index (χ3v) is 11.8. The quantitative estimate of drug-likeness (QED) is 0.0214. The van der Waals surface area contributed by atoms with E-state index in [0.29, 0.717) is 24.1 Å². The number of phosphoric acid groups is 1. The summed E-state index contributed by atoms with van der Waals surface area (Å²) in [7, 11) is 1.66. The van der Waals surface area contributed by atoms with Gasteiger partial charge in [0.2, 0.25) is 0 Å². The third kappa shape index (κ3) is 49.2. The van der Waals surface area contributed by atoms with Crippen molar-refractivity contribution in [2.45, 2.75) is 219 Å². The van der Waals surface area contributed by atoms with Crippen LogP contribution in [0, 0.1) is 0 Å². The molecule has 2 atom stereocenters.